The van der Waals surface area contributed by atoms with Gasteiger partial charge in [0.15, 0.2) is 17.5 Å². The highest BCUT2D eigenvalue weighted by atomic mass is 127. The lowest BCUT2D eigenvalue weighted by molar-refractivity contribution is -0.138. The standard InChI is InChI=1S/C20H30F2N4O2.HI/c1-4-23-19(24-11-12-28-17-8-7-15(21)13-16(17)22)25-14-20(9-5-6-10-20)18(27)26(2)3;/h7-8,13H,4-6,9-12,14H2,1-3H3,(H2,23,24,25);1H. The third-order valence-corrected chi connectivity index (χ3v) is 4.85. The fourth-order valence-electron chi connectivity index (χ4n) is 3.46. The van der Waals surface area contributed by atoms with Gasteiger partial charge in [-0.05, 0) is 31.9 Å². The molecule has 1 aromatic rings. The second kappa shape index (κ2) is 12.1. The van der Waals surface area contributed by atoms with Gasteiger partial charge in [-0.25, -0.2) is 8.78 Å². The molecule has 164 valence electrons. The molecule has 6 nitrogen and oxygen atoms in total. The van der Waals surface area contributed by atoms with Crippen molar-refractivity contribution in [1.82, 2.24) is 15.5 Å². The summed E-state index contributed by atoms with van der Waals surface area (Å²) in [6.07, 6.45) is 3.77. The van der Waals surface area contributed by atoms with Crippen LogP contribution in [0.3, 0.4) is 0 Å². The maximum absolute atomic E-state index is 13.6. The number of aliphatic imine (C=N–C) groups is 1. The Labute approximate surface area is 188 Å². The van der Waals surface area contributed by atoms with E-state index in [0.29, 0.717) is 25.6 Å². The van der Waals surface area contributed by atoms with Gasteiger partial charge in [-0.15, -0.1) is 24.0 Å². The van der Waals surface area contributed by atoms with Crippen molar-refractivity contribution in [2.75, 3.05) is 40.3 Å². The van der Waals surface area contributed by atoms with Crippen molar-refractivity contribution in [3.8, 4) is 5.75 Å². The molecule has 0 bridgehead atoms. The highest BCUT2D eigenvalue weighted by Crippen LogP contribution is 2.39. The molecular formula is C20H31F2IN4O2. The van der Waals surface area contributed by atoms with Gasteiger partial charge in [-0.2, -0.15) is 0 Å². The molecular weight excluding hydrogens is 493 g/mol. The van der Waals surface area contributed by atoms with Crippen LogP contribution in [-0.4, -0.2) is 57.1 Å². The van der Waals surface area contributed by atoms with Crippen LogP contribution in [0.4, 0.5) is 8.78 Å². The highest BCUT2D eigenvalue weighted by Gasteiger charge is 2.42. The number of rotatable bonds is 8. The Morgan fingerprint density at radius 1 is 1.24 bits per heavy atom. The second-order valence-electron chi connectivity index (χ2n) is 7.23. The van der Waals surface area contributed by atoms with Crippen LogP contribution in [0.5, 0.6) is 5.75 Å². The summed E-state index contributed by atoms with van der Waals surface area (Å²) < 4.78 is 31.8. The molecule has 2 rings (SSSR count). The smallest absolute Gasteiger partial charge is 0.230 e. The van der Waals surface area contributed by atoms with Crippen molar-refractivity contribution in [2.45, 2.75) is 32.6 Å². The fourth-order valence-corrected chi connectivity index (χ4v) is 3.46. The Balaban J connectivity index is 0.00000420. The molecule has 0 heterocycles. The van der Waals surface area contributed by atoms with Crippen molar-refractivity contribution in [2.24, 2.45) is 10.4 Å². The van der Waals surface area contributed by atoms with E-state index in [1.54, 1.807) is 19.0 Å². The molecule has 1 aliphatic rings. The maximum atomic E-state index is 13.6. The quantitative estimate of drug-likeness (QED) is 0.238. The first kappa shape index (κ1) is 25.4. The number of benzene rings is 1. The average Bonchev–Trinajstić information content (AvgIpc) is 3.14. The van der Waals surface area contributed by atoms with E-state index >= 15 is 0 Å². The summed E-state index contributed by atoms with van der Waals surface area (Å²) in [6, 6.07) is 3.21. The Kier molecular flexibility index (Phi) is 10.6. The molecule has 2 N–H and O–H groups in total. The first-order chi connectivity index (χ1) is 13.4. The van der Waals surface area contributed by atoms with Crippen molar-refractivity contribution >= 4 is 35.8 Å². The molecule has 0 saturated heterocycles. The molecule has 0 atom stereocenters. The summed E-state index contributed by atoms with van der Waals surface area (Å²) in [6.45, 7) is 3.63. The Morgan fingerprint density at radius 2 is 1.93 bits per heavy atom. The normalized spacial score (nSPS) is 15.4. The molecule has 29 heavy (non-hydrogen) atoms. The Morgan fingerprint density at radius 3 is 2.52 bits per heavy atom. The first-order valence-electron chi connectivity index (χ1n) is 9.70. The van der Waals surface area contributed by atoms with Crippen molar-refractivity contribution in [1.29, 1.82) is 0 Å². The molecule has 0 aromatic heterocycles. The molecule has 9 heteroatoms. The number of guanidine groups is 1. The lowest BCUT2D eigenvalue weighted by atomic mass is 9.85. The van der Waals surface area contributed by atoms with Gasteiger partial charge < -0.3 is 20.3 Å². The molecule has 1 aromatic carbocycles. The summed E-state index contributed by atoms with van der Waals surface area (Å²) >= 11 is 0. The van der Waals surface area contributed by atoms with Crippen molar-refractivity contribution < 1.29 is 18.3 Å². The van der Waals surface area contributed by atoms with E-state index in [0.717, 1.165) is 37.8 Å². The SMILES string of the molecule is CCNC(=NCC1(C(=O)N(C)C)CCCC1)NCCOc1ccc(F)cc1F.I. The van der Waals surface area contributed by atoms with Crippen LogP contribution in [0.15, 0.2) is 23.2 Å². The Hall–Kier alpha value is -1.65. The largest absolute Gasteiger partial charge is 0.489 e. The first-order valence-corrected chi connectivity index (χ1v) is 9.70. The van der Waals surface area contributed by atoms with Crippen LogP contribution < -0.4 is 15.4 Å². The predicted molar refractivity (Wildman–Crippen MR) is 121 cm³/mol. The van der Waals surface area contributed by atoms with Gasteiger partial charge in [0.2, 0.25) is 5.91 Å². The second-order valence-corrected chi connectivity index (χ2v) is 7.23. The van der Waals surface area contributed by atoms with Crippen LogP contribution in [0.1, 0.15) is 32.6 Å². The highest BCUT2D eigenvalue weighted by molar-refractivity contribution is 14.0. The van der Waals surface area contributed by atoms with Crippen molar-refractivity contribution in [3.05, 3.63) is 29.8 Å². The van der Waals surface area contributed by atoms with E-state index in [4.69, 9.17) is 4.74 Å². The van der Waals surface area contributed by atoms with Gasteiger partial charge in [0.1, 0.15) is 12.4 Å². The van der Waals surface area contributed by atoms with E-state index < -0.39 is 17.0 Å². The van der Waals surface area contributed by atoms with Crippen LogP contribution in [0.2, 0.25) is 0 Å². The minimum absolute atomic E-state index is 0. The molecule has 0 unspecified atom stereocenters. The fraction of sp³-hybridized carbons (Fsp3) is 0.600. The van der Waals surface area contributed by atoms with E-state index in [9.17, 15) is 13.6 Å². The number of hydrogen-bond acceptors (Lipinski definition) is 3. The molecule has 1 saturated carbocycles. The van der Waals surface area contributed by atoms with Crippen LogP contribution in [-0.2, 0) is 4.79 Å². The van der Waals surface area contributed by atoms with Gasteiger partial charge in [0.25, 0.3) is 0 Å². The van der Waals surface area contributed by atoms with Gasteiger partial charge in [0, 0.05) is 26.7 Å². The summed E-state index contributed by atoms with van der Waals surface area (Å²) in [5, 5.41) is 6.27. The summed E-state index contributed by atoms with van der Waals surface area (Å²) in [4.78, 5) is 18.9. The van der Waals surface area contributed by atoms with Gasteiger partial charge >= 0.3 is 0 Å². The molecule has 1 amide bonds. The number of amides is 1. The minimum atomic E-state index is -0.731. The number of carbonyl (C=O) groups is 1. The van der Waals surface area contributed by atoms with Gasteiger partial charge in [-0.3, -0.25) is 9.79 Å². The molecule has 1 aliphatic carbocycles. The number of nitrogens with zero attached hydrogens (tertiary/aromatic N) is 2. The monoisotopic (exact) mass is 524 g/mol. The van der Waals surface area contributed by atoms with E-state index in [2.05, 4.69) is 15.6 Å². The topological polar surface area (TPSA) is 66.0 Å². The molecule has 0 aliphatic heterocycles. The summed E-state index contributed by atoms with van der Waals surface area (Å²) in [5.74, 6) is -0.654. The molecule has 0 spiro atoms. The Bertz CT molecular complexity index is 695. The zero-order chi connectivity index (χ0) is 20.6. The number of hydrogen-bond donors (Lipinski definition) is 2. The summed E-state index contributed by atoms with van der Waals surface area (Å²) in [7, 11) is 3.56. The zero-order valence-corrected chi connectivity index (χ0v) is 19.6. The third kappa shape index (κ3) is 7.27. The maximum Gasteiger partial charge on any atom is 0.230 e. The number of carbonyl (C=O) groups excluding carboxylic acids is 1. The van der Waals surface area contributed by atoms with Crippen LogP contribution >= 0.6 is 24.0 Å². The number of halogens is 3. The van der Waals surface area contributed by atoms with Crippen LogP contribution in [0, 0.1) is 17.0 Å². The van der Waals surface area contributed by atoms with Gasteiger partial charge in [0.05, 0.1) is 18.5 Å². The molecule has 1 fully saturated rings. The third-order valence-electron chi connectivity index (χ3n) is 4.85. The average molecular weight is 524 g/mol. The lowest BCUT2D eigenvalue weighted by Crippen LogP contribution is -2.43. The number of ether oxygens (including phenoxy) is 1. The lowest BCUT2D eigenvalue weighted by Gasteiger charge is -2.29. The van der Waals surface area contributed by atoms with E-state index in [-0.39, 0.29) is 42.2 Å². The van der Waals surface area contributed by atoms with E-state index in [1.807, 2.05) is 6.92 Å². The zero-order valence-electron chi connectivity index (χ0n) is 17.3. The molecule has 0 radical (unpaired) electrons. The van der Waals surface area contributed by atoms with E-state index in [1.165, 1.54) is 6.07 Å². The summed E-state index contributed by atoms with van der Waals surface area (Å²) in [5.41, 5.74) is -0.431. The van der Waals surface area contributed by atoms with Crippen molar-refractivity contribution in [3.63, 3.8) is 0 Å². The predicted octanol–water partition coefficient (Wildman–Crippen LogP) is 3.17. The minimum Gasteiger partial charge on any atom is -0.489 e. The van der Waals surface area contributed by atoms with Crippen LogP contribution in [0.25, 0.3) is 0 Å². The number of nitrogens with one attached hydrogen (secondary N) is 2. The van der Waals surface area contributed by atoms with Gasteiger partial charge in [-0.1, -0.05) is 12.8 Å².